The molecule has 1 aromatic rings. The van der Waals surface area contributed by atoms with Crippen LogP contribution in [0.5, 0.6) is 0 Å². The van der Waals surface area contributed by atoms with E-state index in [1.807, 2.05) is 6.92 Å². The second-order valence-corrected chi connectivity index (χ2v) is 3.71. The summed E-state index contributed by atoms with van der Waals surface area (Å²) >= 11 is 0. The van der Waals surface area contributed by atoms with Crippen LogP contribution in [-0.4, -0.2) is 45.7 Å². The van der Waals surface area contributed by atoms with Gasteiger partial charge in [-0.15, -0.1) is 5.10 Å². The number of amides is 1. The molecule has 0 N–H and O–H groups in total. The fraction of sp³-hybridized carbons (Fsp3) is 0.667. The number of hydrogen-bond acceptors (Lipinski definition) is 6. The molecule has 1 aliphatic heterocycles. The van der Waals surface area contributed by atoms with Gasteiger partial charge in [-0.2, -0.15) is 4.80 Å². The lowest BCUT2D eigenvalue weighted by Crippen LogP contribution is -2.27. The standard InChI is InChI=1S/C9H13N5O3/c1-3-14-11-9(10-12-14)13-5-6(4-7(13)15)8(16)17-2/h6H,3-5H2,1-2H3/t6-/m0/s1. The first-order valence-electron chi connectivity index (χ1n) is 5.31. The summed E-state index contributed by atoms with van der Waals surface area (Å²) in [7, 11) is 1.31. The summed E-state index contributed by atoms with van der Waals surface area (Å²) in [4.78, 5) is 25.8. The van der Waals surface area contributed by atoms with Crippen LogP contribution in [0.1, 0.15) is 13.3 Å². The fourth-order valence-electron chi connectivity index (χ4n) is 1.70. The number of methoxy groups -OCH3 is 1. The number of rotatable bonds is 3. The number of hydrogen-bond donors (Lipinski definition) is 0. The highest BCUT2D eigenvalue weighted by atomic mass is 16.5. The average Bonchev–Trinajstić information content (AvgIpc) is 2.93. The monoisotopic (exact) mass is 239 g/mol. The Hall–Kier alpha value is -1.99. The molecule has 1 aliphatic rings. The molecule has 0 unspecified atom stereocenters. The minimum Gasteiger partial charge on any atom is -0.469 e. The highest BCUT2D eigenvalue weighted by Gasteiger charge is 2.37. The molecule has 17 heavy (non-hydrogen) atoms. The Morgan fingerprint density at radius 1 is 1.59 bits per heavy atom. The first kappa shape index (κ1) is 11.5. The van der Waals surface area contributed by atoms with Gasteiger partial charge in [0.05, 0.1) is 19.6 Å². The summed E-state index contributed by atoms with van der Waals surface area (Å²) in [6.45, 7) is 2.70. The van der Waals surface area contributed by atoms with Crippen LogP contribution >= 0.6 is 0 Å². The summed E-state index contributed by atoms with van der Waals surface area (Å²) in [5.74, 6) is -0.774. The van der Waals surface area contributed by atoms with E-state index in [4.69, 9.17) is 0 Å². The van der Waals surface area contributed by atoms with E-state index in [0.717, 1.165) is 0 Å². The van der Waals surface area contributed by atoms with Gasteiger partial charge in [0.25, 0.3) is 5.95 Å². The van der Waals surface area contributed by atoms with Crippen molar-refractivity contribution >= 4 is 17.8 Å². The minimum absolute atomic E-state index is 0.132. The Morgan fingerprint density at radius 2 is 2.35 bits per heavy atom. The number of aromatic nitrogens is 4. The molecule has 92 valence electrons. The van der Waals surface area contributed by atoms with E-state index in [1.165, 1.54) is 16.8 Å². The van der Waals surface area contributed by atoms with Crippen LogP contribution < -0.4 is 4.90 Å². The summed E-state index contributed by atoms with van der Waals surface area (Å²) in [6.07, 6.45) is 0.132. The molecule has 0 bridgehead atoms. The molecule has 0 spiro atoms. The zero-order valence-electron chi connectivity index (χ0n) is 9.66. The van der Waals surface area contributed by atoms with Gasteiger partial charge in [0.2, 0.25) is 5.91 Å². The van der Waals surface area contributed by atoms with Crippen molar-refractivity contribution in [2.24, 2.45) is 5.92 Å². The lowest BCUT2D eigenvalue weighted by atomic mass is 10.1. The quantitative estimate of drug-likeness (QED) is 0.643. The van der Waals surface area contributed by atoms with E-state index < -0.39 is 5.92 Å². The molecule has 0 aromatic carbocycles. The molecule has 1 fully saturated rings. The van der Waals surface area contributed by atoms with E-state index in [9.17, 15) is 9.59 Å². The number of ether oxygens (including phenoxy) is 1. The predicted octanol–water partition coefficient (Wildman–Crippen LogP) is -0.781. The first-order valence-corrected chi connectivity index (χ1v) is 5.31. The molecule has 8 heteroatoms. The van der Waals surface area contributed by atoms with Gasteiger partial charge in [-0.25, -0.2) is 0 Å². The minimum atomic E-state index is -0.443. The molecule has 0 radical (unpaired) electrons. The number of nitrogens with zero attached hydrogens (tertiary/aromatic N) is 5. The lowest BCUT2D eigenvalue weighted by molar-refractivity contribution is -0.145. The van der Waals surface area contributed by atoms with Crippen molar-refractivity contribution in [2.75, 3.05) is 18.6 Å². The van der Waals surface area contributed by atoms with Crippen LogP contribution in [0.3, 0.4) is 0 Å². The molecule has 8 nitrogen and oxygen atoms in total. The summed E-state index contributed by atoms with van der Waals surface area (Å²) in [5, 5.41) is 11.6. The van der Waals surface area contributed by atoms with Gasteiger partial charge in [-0.3, -0.25) is 14.5 Å². The third kappa shape index (κ3) is 2.10. The van der Waals surface area contributed by atoms with Crippen molar-refractivity contribution in [2.45, 2.75) is 19.9 Å². The average molecular weight is 239 g/mol. The number of tetrazole rings is 1. The molecule has 2 rings (SSSR count). The van der Waals surface area contributed by atoms with Crippen LogP contribution in [0.2, 0.25) is 0 Å². The third-order valence-corrected chi connectivity index (χ3v) is 2.63. The van der Waals surface area contributed by atoms with Crippen molar-refractivity contribution in [1.29, 1.82) is 0 Å². The number of carbonyl (C=O) groups is 2. The molecule has 1 atom stereocenters. The highest BCUT2D eigenvalue weighted by Crippen LogP contribution is 2.22. The SMILES string of the molecule is CCn1nnc(N2C[C@@H](C(=O)OC)CC2=O)n1. The van der Waals surface area contributed by atoms with Crippen LogP contribution in [-0.2, 0) is 20.9 Å². The lowest BCUT2D eigenvalue weighted by Gasteiger charge is -2.10. The van der Waals surface area contributed by atoms with Gasteiger partial charge < -0.3 is 4.74 Å². The van der Waals surface area contributed by atoms with Crippen LogP contribution in [0.4, 0.5) is 5.95 Å². The fourth-order valence-corrected chi connectivity index (χ4v) is 1.70. The number of esters is 1. The molecular weight excluding hydrogens is 226 g/mol. The molecule has 1 saturated heterocycles. The van der Waals surface area contributed by atoms with Gasteiger partial charge in [0, 0.05) is 13.0 Å². The van der Waals surface area contributed by atoms with E-state index in [0.29, 0.717) is 6.54 Å². The normalized spacial score (nSPS) is 19.8. The summed E-state index contributed by atoms with van der Waals surface area (Å²) < 4.78 is 4.61. The van der Waals surface area contributed by atoms with Crippen LogP contribution in [0, 0.1) is 5.92 Å². The maximum atomic E-state index is 11.7. The van der Waals surface area contributed by atoms with Crippen molar-refractivity contribution in [3.63, 3.8) is 0 Å². The maximum Gasteiger partial charge on any atom is 0.311 e. The largest absolute Gasteiger partial charge is 0.469 e. The van der Waals surface area contributed by atoms with Gasteiger partial charge in [-0.1, -0.05) is 5.10 Å². The highest BCUT2D eigenvalue weighted by molar-refractivity contribution is 5.98. The van der Waals surface area contributed by atoms with Crippen LogP contribution in [0.15, 0.2) is 0 Å². The van der Waals surface area contributed by atoms with Gasteiger partial charge in [-0.05, 0) is 12.1 Å². The Bertz CT molecular complexity index is 444. The van der Waals surface area contributed by atoms with Gasteiger partial charge >= 0.3 is 5.97 Å². The smallest absolute Gasteiger partial charge is 0.311 e. The molecule has 0 saturated carbocycles. The Labute approximate surface area is 97.5 Å². The molecule has 1 aromatic heterocycles. The van der Waals surface area contributed by atoms with E-state index in [1.54, 1.807) is 0 Å². The number of anilines is 1. The Balaban J connectivity index is 2.12. The van der Waals surface area contributed by atoms with Crippen molar-refractivity contribution in [1.82, 2.24) is 20.2 Å². The molecular formula is C9H13N5O3. The summed E-state index contributed by atoms with van der Waals surface area (Å²) in [5.41, 5.74) is 0. The Kier molecular flexibility index (Phi) is 3.03. The molecule has 0 aliphatic carbocycles. The van der Waals surface area contributed by atoms with Gasteiger partial charge in [0.15, 0.2) is 0 Å². The van der Waals surface area contributed by atoms with E-state index in [2.05, 4.69) is 20.1 Å². The second-order valence-electron chi connectivity index (χ2n) is 3.71. The van der Waals surface area contributed by atoms with Gasteiger partial charge in [0.1, 0.15) is 0 Å². The number of carbonyl (C=O) groups excluding carboxylic acids is 2. The van der Waals surface area contributed by atoms with E-state index in [-0.39, 0.29) is 30.8 Å². The number of aryl methyl sites for hydroxylation is 1. The Morgan fingerprint density at radius 3 is 2.94 bits per heavy atom. The molecule has 2 heterocycles. The predicted molar refractivity (Wildman–Crippen MR) is 56.0 cm³/mol. The van der Waals surface area contributed by atoms with E-state index >= 15 is 0 Å². The van der Waals surface area contributed by atoms with Crippen LogP contribution in [0.25, 0.3) is 0 Å². The van der Waals surface area contributed by atoms with Crippen molar-refractivity contribution in [3.8, 4) is 0 Å². The second kappa shape index (κ2) is 4.48. The topological polar surface area (TPSA) is 90.2 Å². The third-order valence-electron chi connectivity index (χ3n) is 2.63. The zero-order chi connectivity index (χ0) is 12.4. The molecule has 1 amide bonds. The first-order chi connectivity index (χ1) is 8.15. The maximum absolute atomic E-state index is 11.7. The zero-order valence-corrected chi connectivity index (χ0v) is 9.66. The van der Waals surface area contributed by atoms with Crippen molar-refractivity contribution < 1.29 is 14.3 Å². The van der Waals surface area contributed by atoms with Crippen molar-refractivity contribution in [3.05, 3.63) is 0 Å². The summed E-state index contributed by atoms with van der Waals surface area (Å²) in [6, 6.07) is 0.